The van der Waals surface area contributed by atoms with Crippen LogP contribution in [-0.4, -0.2) is 23.0 Å². The first-order valence-electron chi connectivity index (χ1n) is 9.94. The molecule has 0 aromatic heterocycles. The number of ether oxygens (including phenoxy) is 1. The second-order valence-corrected chi connectivity index (χ2v) is 6.99. The molecule has 0 saturated carbocycles. The van der Waals surface area contributed by atoms with Crippen molar-refractivity contribution < 1.29 is 19.4 Å². The van der Waals surface area contributed by atoms with Crippen molar-refractivity contribution in [2.24, 2.45) is 0 Å². The third-order valence-electron chi connectivity index (χ3n) is 4.75. The van der Waals surface area contributed by atoms with Gasteiger partial charge in [0.05, 0.1) is 0 Å². The normalized spacial score (nSPS) is 11.5. The maximum Gasteiger partial charge on any atom is 0.329 e. The average Bonchev–Trinajstić information content (AvgIpc) is 2.79. The van der Waals surface area contributed by atoms with Gasteiger partial charge in [-0.1, -0.05) is 73.7 Å². The van der Waals surface area contributed by atoms with Gasteiger partial charge in [-0.2, -0.15) is 0 Å². The molecule has 3 aromatic rings. The Morgan fingerprint density at radius 3 is 2.27 bits per heavy atom. The molecule has 2 N–H and O–H groups in total. The molecule has 0 aliphatic rings. The molecule has 30 heavy (non-hydrogen) atoms. The molecule has 0 spiro atoms. The summed E-state index contributed by atoms with van der Waals surface area (Å²) in [6.45, 7) is 1.87. The SMILES string of the molecule is CCC(=O)N[C@@H](Cc1ccc(O)c(-c2ccccc2)c1)C(=O)OCc1ccccc1. The Morgan fingerprint density at radius 2 is 1.60 bits per heavy atom. The summed E-state index contributed by atoms with van der Waals surface area (Å²) >= 11 is 0. The summed E-state index contributed by atoms with van der Waals surface area (Å²) in [6, 6.07) is 23.3. The van der Waals surface area contributed by atoms with Crippen LogP contribution in [0.15, 0.2) is 78.9 Å². The van der Waals surface area contributed by atoms with Gasteiger partial charge >= 0.3 is 5.97 Å². The van der Waals surface area contributed by atoms with Crippen LogP contribution in [0, 0.1) is 0 Å². The molecule has 5 heteroatoms. The molecule has 0 heterocycles. The number of carbonyl (C=O) groups is 2. The van der Waals surface area contributed by atoms with Crippen LogP contribution in [0.2, 0.25) is 0 Å². The van der Waals surface area contributed by atoms with Crippen molar-refractivity contribution >= 4 is 11.9 Å². The van der Waals surface area contributed by atoms with Crippen LogP contribution in [0.25, 0.3) is 11.1 Å². The summed E-state index contributed by atoms with van der Waals surface area (Å²) < 4.78 is 5.44. The molecule has 0 bridgehead atoms. The number of hydrogen-bond donors (Lipinski definition) is 2. The fourth-order valence-corrected chi connectivity index (χ4v) is 3.11. The summed E-state index contributed by atoms with van der Waals surface area (Å²) in [4.78, 5) is 24.7. The van der Waals surface area contributed by atoms with Crippen LogP contribution in [0.4, 0.5) is 0 Å². The number of benzene rings is 3. The van der Waals surface area contributed by atoms with Gasteiger partial charge < -0.3 is 15.2 Å². The lowest BCUT2D eigenvalue weighted by Gasteiger charge is -2.18. The van der Waals surface area contributed by atoms with Gasteiger partial charge in [-0.15, -0.1) is 0 Å². The number of phenols is 1. The highest BCUT2D eigenvalue weighted by Gasteiger charge is 2.23. The predicted molar refractivity (Wildman–Crippen MR) is 116 cm³/mol. The lowest BCUT2D eigenvalue weighted by molar-refractivity contribution is -0.149. The van der Waals surface area contributed by atoms with E-state index in [0.29, 0.717) is 5.56 Å². The van der Waals surface area contributed by atoms with Crippen molar-refractivity contribution in [3.8, 4) is 16.9 Å². The summed E-state index contributed by atoms with van der Waals surface area (Å²) in [5, 5.41) is 13.0. The molecule has 0 aliphatic heterocycles. The van der Waals surface area contributed by atoms with Crippen LogP contribution in [-0.2, 0) is 27.4 Å². The number of hydrogen-bond acceptors (Lipinski definition) is 4. The first-order chi connectivity index (χ1) is 14.6. The van der Waals surface area contributed by atoms with E-state index >= 15 is 0 Å². The van der Waals surface area contributed by atoms with E-state index in [1.54, 1.807) is 19.1 Å². The fourth-order valence-electron chi connectivity index (χ4n) is 3.11. The molecule has 3 aromatic carbocycles. The molecule has 154 valence electrons. The fraction of sp³-hybridized carbons (Fsp3) is 0.200. The van der Waals surface area contributed by atoms with Gasteiger partial charge in [0.2, 0.25) is 5.91 Å². The van der Waals surface area contributed by atoms with Crippen molar-refractivity contribution in [3.05, 3.63) is 90.0 Å². The van der Waals surface area contributed by atoms with Crippen LogP contribution in [0.5, 0.6) is 5.75 Å². The molecular formula is C25H25NO4. The van der Waals surface area contributed by atoms with Crippen molar-refractivity contribution in [2.75, 3.05) is 0 Å². The zero-order chi connectivity index (χ0) is 21.3. The molecule has 0 saturated heterocycles. The quantitative estimate of drug-likeness (QED) is 0.552. The molecular weight excluding hydrogens is 378 g/mol. The number of aromatic hydroxyl groups is 1. The molecule has 5 nitrogen and oxygen atoms in total. The Bertz CT molecular complexity index is 987. The molecule has 0 aliphatic carbocycles. The Balaban J connectivity index is 1.77. The lowest BCUT2D eigenvalue weighted by Crippen LogP contribution is -2.43. The van der Waals surface area contributed by atoms with Crippen molar-refractivity contribution in [2.45, 2.75) is 32.4 Å². The Morgan fingerprint density at radius 1 is 0.933 bits per heavy atom. The van der Waals surface area contributed by atoms with E-state index in [1.165, 1.54) is 0 Å². The van der Waals surface area contributed by atoms with Crippen molar-refractivity contribution in [3.63, 3.8) is 0 Å². The summed E-state index contributed by atoms with van der Waals surface area (Å²) in [7, 11) is 0. The van der Waals surface area contributed by atoms with Crippen molar-refractivity contribution in [1.82, 2.24) is 5.32 Å². The van der Waals surface area contributed by atoms with E-state index in [0.717, 1.165) is 16.7 Å². The van der Waals surface area contributed by atoms with Crippen LogP contribution >= 0.6 is 0 Å². The van der Waals surface area contributed by atoms with Gasteiger partial charge in [0.15, 0.2) is 0 Å². The maximum atomic E-state index is 12.7. The monoisotopic (exact) mass is 403 g/mol. The summed E-state index contributed by atoms with van der Waals surface area (Å²) in [6.07, 6.45) is 0.535. The van der Waals surface area contributed by atoms with Gasteiger partial charge in [0, 0.05) is 18.4 Å². The predicted octanol–water partition coefficient (Wildman–Crippen LogP) is 4.24. The number of nitrogens with one attached hydrogen (secondary N) is 1. The van der Waals surface area contributed by atoms with E-state index < -0.39 is 12.0 Å². The van der Waals surface area contributed by atoms with Crippen LogP contribution in [0.1, 0.15) is 24.5 Å². The van der Waals surface area contributed by atoms with E-state index in [2.05, 4.69) is 5.32 Å². The third kappa shape index (κ3) is 5.70. The highest BCUT2D eigenvalue weighted by Crippen LogP contribution is 2.30. The smallest absolute Gasteiger partial charge is 0.329 e. The molecule has 0 unspecified atom stereocenters. The number of rotatable bonds is 8. The number of phenolic OH excluding ortho intramolecular Hbond substituents is 1. The average molecular weight is 403 g/mol. The minimum absolute atomic E-state index is 0.142. The van der Waals surface area contributed by atoms with E-state index in [1.807, 2.05) is 66.7 Å². The summed E-state index contributed by atoms with van der Waals surface area (Å²) in [5.41, 5.74) is 3.23. The Kier molecular flexibility index (Phi) is 7.22. The standard InChI is InChI=1S/C25H25NO4/c1-2-24(28)26-22(25(29)30-17-18-9-5-3-6-10-18)16-19-13-14-23(27)21(15-19)20-11-7-4-8-12-20/h3-15,22,27H,2,16-17H2,1H3,(H,26,28)/t22-/m0/s1. The highest BCUT2D eigenvalue weighted by molar-refractivity contribution is 5.84. The first-order valence-corrected chi connectivity index (χ1v) is 9.94. The molecule has 0 fully saturated rings. The molecule has 1 amide bonds. The topological polar surface area (TPSA) is 75.6 Å². The third-order valence-corrected chi connectivity index (χ3v) is 4.75. The van der Waals surface area contributed by atoms with Gasteiger partial charge in [-0.05, 0) is 28.8 Å². The Hall–Kier alpha value is -3.60. The Labute approximate surface area is 176 Å². The first kappa shape index (κ1) is 21.1. The summed E-state index contributed by atoms with van der Waals surface area (Å²) in [5.74, 6) is -0.556. The van der Waals surface area contributed by atoms with Gasteiger partial charge in [0.1, 0.15) is 18.4 Å². The highest BCUT2D eigenvalue weighted by atomic mass is 16.5. The second kappa shape index (κ2) is 10.3. The molecule has 3 rings (SSSR count). The van der Waals surface area contributed by atoms with Gasteiger partial charge in [0.25, 0.3) is 0 Å². The largest absolute Gasteiger partial charge is 0.507 e. The number of esters is 1. The number of carbonyl (C=O) groups excluding carboxylic acids is 2. The lowest BCUT2D eigenvalue weighted by atomic mass is 9.98. The van der Waals surface area contributed by atoms with Gasteiger partial charge in [-0.25, -0.2) is 4.79 Å². The van der Waals surface area contributed by atoms with E-state index in [-0.39, 0.29) is 31.1 Å². The second-order valence-electron chi connectivity index (χ2n) is 6.99. The van der Waals surface area contributed by atoms with E-state index in [4.69, 9.17) is 4.74 Å². The number of amides is 1. The maximum absolute atomic E-state index is 12.7. The van der Waals surface area contributed by atoms with Gasteiger partial charge in [-0.3, -0.25) is 4.79 Å². The van der Waals surface area contributed by atoms with Crippen molar-refractivity contribution in [1.29, 1.82) is 0 Å². The van der Waals surface area contributed by atoms with E-state index in [9.17, 15) is 14.7 Å². The molecule has 0 radical (unpaired) electrons. The minimum atomic E-state index is -0.811. The zero-order valence-electron chi connectivity index (χ0n) is 16.9. The van der Waals surface area contributed by atoms with Crippen LogP contribution < -0.4 is 5.32 Å². The van der Waals surface area contributed by atoms with Crippen LogP contribution in [0.3, 0.4) is 0 Å². The zero-order valence-corrected chi connectivity index (χ0v) is 16.9. The molecule has 1 atom stereocenters. The minimum Gasteiger partial charge on any atom is -0.507 e.